The fraction of sp³-hybridized carbons (Fsp3) is 0.0769. The molecule has 1 aromatic heterocycles. The molecular weight excluding hydrogens is 280 g/mol. The molecule has 0 fully saturated rings. The molecule has 2 rings (SSSR count). The largest absolute Gasteiger partial charge is 0.320 e. The Labute approximate surface area is 115 Å². The Kier molecular flexibility index (Phi) is 3.71. The van der Waals surface area contributed by atoms with Crippen LogP contribution in [0.2, 0.25) is 0 Å². The summed E-state index contributed by atoms with van der Waals surface area (Å²) in [6.45, 7) is 0. The van der Waals surface area contributed by atoms with Crippen LogP contribution in [0.5, 0.6) is 0 Å². The van der Waals surface area contributed by atoms with Gasteiger partial charge in [-0.15, -0.1) is 0 Å². The standard InChI is InChI=1S/C13H12N2O4S/c1-20(18,19)11-7-3-2-5-9(11)15-13(17)10-6-4-8-12(16)14-10/h2-8H,1H3,(H,14,16)(H,15,17). The Morgan fingerprint density at radius 2 is 1.80 bits per heavy atom. The molecule has 0 radical (unpaired) electrons. The van der Waals surface area contributed by atoms with Crippen LogP contribution in [0, 0.1) is 0 Å². The zero-order valence-corrected chi connectivity index (χ0v) is 11.4. The molecule has 0 spiro atoms. The molecule has 1 amide bonds. The van der Waals surface area contributed by atoms with Crippen molar-refractivity contribution in [1.29, 1.82) is 0 Å². The van der Waals surface area contributed by atoms with Crippen LogP contribution in [0.25, 0.3) is 0 Å². The maximum absolute atomic E-state index is 12.0. The molecule has 0 aliphatic carbocycles. The van der Waals surface area contributed by atoms with Gasteiger partial charge >= 0.3 is 0 Å². The van der Waals surface area contributed by atoms with E-state index in [0.717, 1.165) is 6.26 Å². The molecule has 0 unspecified atom stereocenters. The van der Waals surface area contributed by atoms with E-state index in [1.165, 1.54) is 30.3 Å². The molecule has 2 aromatic rings. The Bertz CT molecular complexity index is 809. The van der Waals surface area contributed by atoms with E-state index in [1.54, 1.807) is 12.1 Å². The Morgan fingerprint density at radius 1 is 1.10 bits per heavy atom. The number of nitrogens with one attached hydrogen (secondary N) is 2. The lowest BCUT2D eigenvalue weighted by molar-refractivity contribution is 0.102. The molecule has 0 saturated heterocycles. The van der Waals surface area contributed by atoms with Crippen molar-refractivity contribution < 1.29 is 13.2 Å². The lowest BCUT2D eigenvalue weighted by Crippen LogP contribution is -2.19. The molecule has 7 heteroatoms. The molecule has 6 nitrogen and oxygen atoms in total. The average molecular weight is 292 g/mol. The maximum Gasteiger partial charge on any atom is 0.272 e. The van der Waals surface area contributed by atoms with E-state index in [0.29, 0.717) is 0 Å². The molecular formula is C13H12N2O4S. The second-order valence-corrected chi connectivity index (χ2v) is 6.14. The first-order chi connectivity index (χ1) is 9.38. The van der Waals surface area contributed by atoms with Gasteiger partial charge in [-0.3, -0.25) is 9.59 Å². The first kappa shape index (κ1) is 14.0. The first-order valence-corrected chi connectivity index (χ1v) is 7.57. The predicted octanol–water partition coefficient (Wildman–Crippen LogP) is 1.03. The van der Waals surface area contributed by atoms with Gasteiger partial charge in [0.1, 0.15) is 5.69 Å². The third kappa shape index (κ3) is 3.12. The van der Waals surface area contributed by atoms with Crippen molar-refractivity contribution in [3.8, 4) is 0 Å². The number of pyridine rings is 1. The number of anilines is 1. The number of hydrogen-bond donors (Lipinski definition) is 2. The van der Waals surface area contributed by atoms with Crippen molar-refractivity contribution in [2.75, 3.05) is 11.6 Å². The van der Waals surface area contributed by atoms with Crippen LogP contribution in [-0.4, -0.2) is 25.6 Å². The molecule has 1 heterocycles. The van der Waals surface area contributed by atoms with Crippen molar-refractivity contribution in [3.63, 3.8) is 0 Å². The van der Waals surface area contributed by atoms with Gasteiger partial charge in [-0.05, 0) is 18.2 Å². The van der Waals surface area contributed by atoms with Gasteiger partial charge in [-0.25, -0.2) is 8.42 Å². The van der Waals surface area contributed by atoms with Gasteiger partial charge in [0.15, 0.2) is 9.84 Å². The fourth-order valence-corrected chi connectivity index (χ4v) is 2.51. The van der Waals surface area contributed by atoms with Crippen LogP contribution < -0.4 is 10.9 Å². The van der Waals surface area contributed by atoms with E-state index >= 15 is 0 Å². The predicted molar refractivity (Wildman–Crippen MR) is 74.6 cm³/mol. The number of benzene rings is 1. The number of H-pyrrole nitrogens is 1. The lowest BCUT2D eigenvalue weighted by Gasteiger charge is -2.09. The minimum Gasteiger partial charge on any atom is -0.320 e. The minimum absolute atomic E-state index is 0.0200. The topological polar surface area (TPSA) is 96.1 Å². The van der Waals surface area contributed by atoms with E-state index < -0.39 is 21.3 Å². The van der Waals surface area contributed by atoms with Crippen molar-refractivity contribution >= 4 is 21.4 Å². The smallest absolute Gasteiger partial charge is 0.272 e. The van der Waals surface area contributed by atoms with Crippen LogP contribution in [0.4, 0.5) is 5.69 Å². The van der Waals surface area contributed by atoms with E-state index in [1.807, 2.05) is 0 Å². The summed E-state index contributed by atoms with van der Waals surface area (Å²) in [5, 5.41) is 2.47. The van der Waals surface area contributed by atoms with Gasteiger partial charge in [0.05, 0.1) is 10.6 Å². The second kappa shape index (κ2) is 5.30. The number of carbonyl (C=O) groups excluding carboxylic acids is 1. The summed E-state index contributed by atoms with van der Waals surface area (Å²) in [5.74, 6) is -0.584. The van der Waals surface area contributed by atoms with Crippen molar-refractivity contribution in [1.82, 2.24) is 4.98 Å². The molecule has 20 heavy (non-hydrogen) atoms. The van der Waals surface area contributed by atoms with Gasteiger partial charge in [0.25, 0.3) is 5.91 Å². The molecule has 0 bridgehead atoms. The van der Waals surface area contributed by atoms with Gasteiger partial charge in [-0.2, -0.15) is 0 Å². The highest BCUT2D eigenvalue weighted by Gasteiger charge is 2.15. The molecule has 0 saturated carbocycles. The number of aromatic nitrogens is 1. The Hall–Kier alpha value is -2.41. The van der Waals surface area contributed by atoms with Crippen LogP contribution in [0.3, 0.4) is 0 Å². The zero-order valence-electron chi connectivity index (χ0n) is 10.6. The minimum atomic E-state index is -3.46. The molecule has 1 aromatic carbocycles. The third-order valence-corrected chi connectivity index (χ3v) is 3.70. The maximum atomic E-state index is 12.0. The van der Waals surface area contributed by atoms with Gasteiger partial charge in [-0.1, -0.05) is 18.2 Å². The van der Waals surface area contributed by atoms with Crippen LogP contribution >= 0.6 is 0 Å². The highest BCUT2D eigenvalue weighted by Crippen LogP contribution is 2.20. The lowest BCUT2D eigenvalue weighted by atomic mass is 10.3. The Morgan fingerprint density at radius 3 is 2.45 bits per heavy atom. The number of rotatable bonds is 3. The van der Waals surface area contributed by atoms with Crippen LogP contribution in [-0.2, 0) is 9.84 Å². The summed E-state index contributed by atoms with van der Waals surface area (Å²) in [4.78, 5) is 25.5. The van der Waals surface area contributed by atoms with E-state index in [-0.39, 0.29) is 16.3 Å². The molecule has 2 N–H and O–H groups in total. The van der Waals surface area contributed by atoms with E-state index in [4.69, 9.17) is 0 Å². The third-order valence-electron chi connectivity index (χ3n) is 2.55. The van der Waals surface area contributed by atoms with E-state index in [2.05, 4.69) is 10.3 Å². The molecule has 0 atom stereocenters. The number of sulfone groups is 1. The second-order valence-electron chi connectivity index (χ2n) is 4.15. The molecule has 104 valence electrons. The van der Waals surface area contributed by atoms with Crippen molar-refractivity contribution in [2.24, 2.45) is 0 Å². The van der Waals surface area contributed by atoms with Crippen molar-refractivity contribution in [3.05, 3.63) is 58.5 Å². The normalized spacial score (nSPS) is 11.1. The molecule has 0 aliphatic rings. The summed E-state index contributed by atoms with van der Waals surface area (Å²) in [6.07, 6.45) is 1.06. The number of carbonyl (C=O) groups is 1. The highest BCUT2D eigenvalue weighted by molar-refractivity contribution is 7.90. The number of para-hydroxylation sites is 1. The van der Waals surface area contributed by atoms with Crippen molar-refractivity contribution in [2.45, 2.75) is 4.90 Å². The summed E-state index contributed by atoms with van der Waals surface area (Å²) in [7, 11) is -3.46. The zero-order chi connectivity index (χ0) is 14.8. The van der Waals surface area contributed by atoms with Gasteiger partial charge in [0.2, 0.25) is 5.56 Å². The monoisotopic (exact) mass is 292 g/mol. The Balaban J connectivity index is 2.36. The summed E-state index contributed by atoms with van der Waals surface area (Å²) in [6, 6.07) is 10.2. The van der Waals surface area contributed by atoms with Gasteiger partial charge in [0, 0.05) is 12.3 Å². The quantitative estimate of drug-likeness (QED) is 0.883. The fourth-order valence-electron chi connectivity index (χ4n) is 1.66. The van der Waals surface area contributed by atoms with Crippen LogP contribution in [0.1, 0.15) is 10.5 Å². The van der Waals surface area contributed by atoms with Crippen LogP contribution in [0.15, 0.2) is 52.2 Å². The first-order valence-electron chi connectivity index (χ1n) is 5.68. The highest BCUT2D eigenvalue weighted by atomic mass is 32.2. The summed E-state index contributed by atoms with van der Waals surface area (Å²) < 4.78 is 23.2. The SMILES string of the molecule is CS(=O)(=O)c1ccccc1NC(=O)c1cccc(=O)[nH]1. The summed E-state index contributed by atoms with van der Waals surface area (Å²) in [5.41, 5.74) is -0.181. The van der Waals surface area contributed by atoms with E-state index in [9.17, 15) is 18.0 Å². The average Bonchev–Trinajstić information content (AvgIpc) is 2.38. The molecule has 0 aliphatic heterocycles. The number of amides is 1. The number of aromatic amines is 1. The summed E-state index contributed by atoms with van der Waals surface area (Å²) >= 11 is 0. The van der Waals surface area contributed by atoms with Gasteiger partial charge < -0.3 is 10.3 Å². The number of hydrogen-bond acceptors (Lipinski definition) is 4.